The molecule has 132 valence electrons. The first-order chi connectivity index (χ1) is 11.2. The van der Waals surface area contributed by atoms with Gasteiger partial charge in [-0.2, -0.15) is 0 Å². The van der Waals surface area contributed by atoms with Gasteiger partial charge in [0.15, 0.2) is 5.96 Å². The molecule has 2 aromatic heterocycles. The van der Waals surface area contributed by atoms with E-state index in [1.807, 2.05) is 12.4 Å². The molecule has 2 rings (SSSR count). The second-order valence-electron chi connectivity index (χ2n) is 5.62. The molecule has 24 heavy (non-hydrogen) atoms. The molecular weight excluding hydrogens is 431 g/mol. The molecule has 0 radical (unpaired) electrons. The van der Waals surface area contributed by atoms with Crippen LogP contribution in [0.2, 0.25) is 0 Å². The number of nitrogens with one attached hydrogen (secondary N) is 2. The third kappa shape index (κ3) is 6.76. The smallest absolute Gasteiger partial charge is 0.191 e. The van der Waals surface area contributed by atoms with Gasteiger partial charge in [0.2, 0.25) is 0 Å². The number of guanidine groups is 1. The van der Waals surface area contributed by atoms with Gasteiger partial charge in [0.25, 0.3) is 0 Å². The summed E-state index contributed by atoms with van der Waals surface area (Å²) in [7, 11) is 0. The number of hydrogen-bond donors (Lipinski definition) is 2. The van der Waals surface area contributed by atoms with Gasteiger partial charge in [0, 0.05) is 36.3 Å². The minimum Gasteiger partial charge on any atom is -0.357 e. The van der Waals surface area contributed by atoms with Crippen LogP contribution in [0.4, 0.5) is 0 Å². The molecule has 0 saturated heterocycles. The van der Waals surface area contributed by atoms with Gasteiger partial charge < -0.3 is 10.6 Å². The van der Waals surface area contributed by atoms with Crippen molar-refractivity contribution in [2.75, 3.05) is 19.6 Å². The van der Waals surface area contributed by atoms with Crippen LogP contribution in [0, 0.1) is 6.92 Å². The van der Waals surface area contributed by atoms with Crippen molar-refractivity contribution in [2.24, 2.45) is 4.99 Å². The molecule has 0 aliphatic heterocycles. The van der Waals surface area contributed by atoms with Crippen molar-refractivity contribution < 1.29 is 0 Å². The van der Waals surface area contributed by atoms with E-state index in [9.17, 15) is 0 Å². The van der Waals surface area contributed by atoms with Crippen molar-refractivity contribution in [1.29, 1.82) is 0 Å². The Kier molecular flexibility index (Phi) is 9.94. The Labute approximate surface area is 166 Å². The maximum Gasteiger partial charge on any atom is 0.191 e. The van der Waals surface area contributed by atoms with Crippen molar-refractivity contribution in [3.05, 3.63) is 52.0 Å². The summed E-state index contributed by atoms with van der Waals surface area (Å²) in [5.41, 5.74) is 2.57. The van der Waals surface area contributed by atoms with E-state index in [0.29, 0.717) is 5.92 Å². The van der Waals surface area contributed by atoms with E-state index >= 15 is 0 Å². The molecule has 0 aromatic carbocycles. The molecular formula is C18H27IN4S. The number of halogens is 1. The molecule has 1 unspecified atom stereocenters. The zero-order chi connectivity index (χ0) is 16.5. The molecule has 2 heterocycles. The van der Waals surface area contributed by atoms with Crippen molar-refractivity contribution in [2.45, 2.75) is 33.1 Å². The normalized spacial score (nSPS) is 12.4. The Morgan fingerprint density at radius 3 is 2.83 bits per heavy atom. The van der Waals surface area contributed by atoms with E-state index in [0.717, 1.165) is 32.0 Å². The third-order valence-corrected chi connectivity index (χ3v) is 4.82. The SMILES string of the molecule is CCNC(=NCC(C)c1cccs1)NCCc1ccncc1C.I. The van der Waals surface area contributed by atoms with Crippen LogP contribution in [0.3, 0.4) is 0 Å². The van der Waals surface area contributed by atoms with Crippen LogP contribution in [-0.2, 0) is 6.42 Å². The highest BCUT2D eigenvalue weighted by molar-refractivity contribution is 14.0. The molecule has 6 heteroatoms. The number of nitrogens with zero attached hydrogens (tertiary/aromatic N) is 2. The van der Waals surface area contributed by atoms with Crippen molar-refractivity contribution in [3.8, 4) is 0 Å². The summed E-state index contributed by atoms with van der Waals surface area (Å²) in [6.45, 7) is 8.94. The van der Waals surface area contributed by atoms with Crippen molar-refractivity contribution in [1.82, 2.24) is 15.6 Å². The van der Waals surface area contributed by atoms with Crippen LogP contribution < -0.4 is 10.6 Å². The molecule has 2 aromatic rings. The Morgan fingerprint density at radius 2 is 2.17 bits per heavy atom. The zero-order valence-corrected chi connectivity index (χ0v) is 17.7. The lowest BCUT2D eigenvalue weighted by molar-refractivity contribution is 0.754. The lowest BCUT2D eigenvalue weighted by atomic mass is 10.1. The molecule has 0 saturated carbocycles. The first kappa shape index (κ1) is 20.9. The van der Waals surface area contributed by atoms with Crippen LogP contribution in [0.1, 0.15) is 35.8 Å². The molecule has 0 aliphatic carbocycles. The molecule has 0 fully saturated rings. The summed E-state index contributed by atoms with van der Waals surface area (Å²) in [5, 5.41) is 8.85. The Morgan fingerprint density at radius 1 is 1.33 bits per heavy atom. The van der Waals surface area contributed by atoms with E-state index in [2.05, 4.69) is 60.0 Å². The van der Waals surface area contributed by atoms with Gasteiger partial charge in [-0.15, -0.1) is 35.3 Å². The summed E-state index contributed by atoms with van der Waals surface area (Å²) >= 11 is 1.80. The van der Waals surface area contributed by atoms with Gasteiger partial charge in [-0.25, -0.2) is 0 Å². The van der Waals surface area contributed by atoms with E-state index in [-0.39, 0.29) is 24.0 Å². The molecule has 2 N–H and O–H groups in total. The second-order valence-corrected chi connectivity index (χ2v) is 6.59. The van der Waals surface area contributed by atoms with Crippen LogP contribution in [0.15, 0.2) is 41.0 Å². The summed E-state index contributed by atoms with van der Waals surface area (Å²) in [4.78, 5) is 10.2. The number of aliphatic imine (C=N–C) groups is 1. The first-order valence-electron chi connectivity index (χ1n) is 8.15. The average Bonchev–Trinajstić information content (AvgIpc) is 3.08. The number of hydrogen-bond acceptors (Lipinski definition) is 3. The average molecular weight is 458 g/mol. The lowest BCUT2D eigenvalue weighted by Crippen LogP contribution is -2.38. The van der Waals surface area contributed by atoms with Crippen LogP contribution in [-0.4, -0.2) is 30.6 Å². The highest BCUT2D eigenvalue weighted by atomic mass is 127. The predicted octanol–water partition coefficient (Wildman–Crippen LogP) is 3.97. The minimum absolute atomic E-state index is 0. The second kappa shape index (κ2) is 11.4. The van der Waals surface area contributed by atoms with E-state index in [1.165, 1.54) is 16.0 Å². The minimum atomic E-state index is 0. The maximum atomic E-state index is 4.71. The quantitative estimate of drug-likeness (QED) is 0.375. The Hall–Kier alpha value is -1.15. The molecule has 1 atom stereocenters. The number of thiophene rings is 1. The van der Waals surface area contributed by atoms with Crippen LogP contribution in [0.25, 0.3) is 0 Å². The largest absolute Gasteiger partial charge is 0.357 e. The summed E-state index contributed by atoms with van der Waals surface area (Å²) in [6.07, 6.45) is 4.74. The lowest BCUT2D eigenvalue weighted by Gasteiger charge is -2.13. The number of rotatable bonds is 7. The number of aromatic nitrogens is 1. The van der Waals surface area contributed by atoms with Gasteiger partial charge in [0.1, 0.15) is 0 Å². The van der Waals surface area contributed by atoms with Gasteiger partial charge in [-0.1, -0.05) is 13.0 Å². The summed E-state index contributed by atoms with van der Waals surface area (Å²) < 4.78 is 0. The highest BCUT2D eigenvalue weighted by Crippen LogP contribution is 2.20. The van der Waals surface area contributed by atoms with E-state index in [4.69, 9.17) is 4.99 Å². The van der Waals surface area contributed by atoms with Gasteiger partial charge in [0.05, 0.1) is 6.54 Å². The zero-order valence-electron chi connectivity index (χ0n) is 14.6. The fourth-order valence-electron chi connectivity index (χ4n) is 2.33. The van der Waals surface area contributed by atoms with E-state index in [1.54, 1.807) is 11.3 Å². The monoisotopic (exact) mass is 458 g/mol. The summed E-state index contributed by atoms with van der Waals surface area (Å²) in [5.74, 6) is 1.34. The van der Waals surface area contributed by atoms with E-state index < -0.39 is 0 Å². The molecule has 0 spiro atoms. The van der Waals surface area contributed by atoms with Crippen LogP contribution in [0.5, 0.6) is 0 Å². The molecule has 0 amide bonds. The summed E-state index contributed by atoms with van der Waals surface area (Å²) in [6, 6.07) is 6.36. The maximum absolute atomic E-state index is 4.71. The standard InChI is InChI=1S/C18H26N4S.HI/c1-4-20-18(22-13-15(3)17-6-5-11-23-17)21-10-8-16-7-9-19-12-14(16)2;/h5-7,9,11-12,15H,4,8,10,13H2,1-3H3,(H2,20,21,22);1H. The highest BCUT2D eigenvalue weighted by Gasteiger charge is 2.06. The van der Waals surface area contributed by atoms with Gasteiger partial charge in [-0.3, -0.25) is 9.98 Å². The van der Waals surface area contributed by atoms with Gasteiger partial charge in [-0.05, 0) is 48.9 Å². The van der Waals surface area contributed by atoms with Crippen molar-refractivity contribution in [3.63, 3.8) is 0 Å². The topological polar surface area (TPSA) is 49.3 Å². The fourth-order valence-corrected chi connectivity index (χ4v) is 3.11. The Bertz CT molecular complexity index is 613. The predicted molar refractivity (Wildman–Crippen MR) is 115 cm³/mol. The van der Waals surface area contributed by atoms with Crippen LogP contribution >= 0.6 is 35.3 Å². The third-order valence-electron chi connectivity index (χ3n) is 3.72. The molecule has 0 aliphatic rings. The molecule has 4 nitrogen and oxygen atoms in total. The number of aryl methyl sites for hydroxylation is 1. The first-order valence-corrected chi connectivity index (χ1v) is 9.03. The van der Waals surface area contributed by atoms with Crippen molar-refractivity contribution >= 4 is 41.3 Å². The molecule has 0 bridgehead atoms. The van der Waals surface area contributed by atoms with Gasteiger partial charge >= 0.3 is 0 Å². The number of pyridine rings is 1. The fraction of sp³-hybridized carbons (Fsp3) is 0.444. The Balaban J connectivity index is 0.00000288.